The summed E-state index contributed by atoms with van der Waals surface area (Å²) < 4.78 is 2.45. The Balaban J connectivity index is 1.27. The summed E-state index contributed by atoms with van der Waals surface area (Å²) in [7, 11) is 0. The second-order valence-corrected chi connectivity index (χ2v) is 11.3. The lowest BCUT2D eigenvalue weighted by atomic mass is 9.51. The fraction of sp³-hybridized carbons (Fsp3) is 0.667. The van der Waals surface area contributed by atoms with Crippen molar-refractivity contribution in [1.29, 1.82) is 0 Å². The Morgan fingerprint density at radius 1 is 1.25 bits per heavy atom. The van der Waals surface area contributed by atoms with Crippen LogP contribution in [0, 0.1) is 23.0 Å². The van der Waals surface area contributed by atoms with E-state index in [9.17, 15) is 15.1 Å². The maximum Gasteiger partial charge on any atom is 0.272 e. The van der Waals surface area contributed by atoms with E-state index in [1.807, 2.05) is 0 Å². The van der Waals surface area contributed by atoms with E-state index in [1.54, 1.807) is 4.68 Å². The van der Waals surface area contributed by atoms with Gasteiger partial charge in [-0.1, -0.05) is 6.42 Å². The van der Waals surface area contributed by atoms with Gasteiger partial charge < -0.3 is 15.6 Å². The number of amides is 1. The van der Waals surface area contributed by atoms with Gasteiger partial charge in [0.05, 0.1) is 17.5 Å². The second kappa shape index (κ2) is 6.31. The summed E-state index contributed by atoms with van der Waals surface area (Å²) >= 11 is 0. The molecular weight excluding hydrogens is 406 g/mol. The number of hydrogen-bond donors (Lipinski definition) is 2. The van der Waals surface area contributed by atoms with Crippen LogP contribution in [0.4, 0.5) is 0 Å². The number of fused-ring (bicyclic) bond motifs is 3. The molecule has 4 bridgehead atoms. The summed E-state index contributed by atoms with van der Waals surface area (Å²) in [5, 5.41) is 31.1. The number of nitrogens with one attached hydrogen (secondary N) is 1. The zero-order chi connectivity index (χ0) is 21.7. The Morgan fingerprint density at radius 3 is 2.81 bits per heavy atom. The molecule has 168 valence electrons. The lowest BCUT2D eigenvalue weighted by molar-refractivity contribution is -0.605. The van der Waals surface area contributed by atoms with E-state index in [0.717, 1.165) is 54.5 Å². The van der Waals surface area contributed by atoms with Crippen LogP contribution >= 0.6 is 0 Å². The van der Waals surface area contributed by atoms with Gasteiger partial charge in [0.2, 0.25) is 12.0 Å². The molecule has 5 fully saturated rings. The zero-order valence-corrected chi connectivity index (χ0v) is 18.2. The van der Waals surface area contributed by atoms with Gasteiger partial charge >= 0.3 is 0 Å². The molecule has 2 heterocycles. The van der Waals surface area contributed by atoms with Gasteiger partial charge in [0.15, 0.2) is 11.9 Å². The summed E-state index contributed by atoms with van der Waals surface area (Å²) in [5.74, 6) is 2.26. The summed E-state index contributed by atoms with van der Waals surface area (Å²) in [5.41, 5.74) is 1.67. The first-order chi connectivity index (χ1) is 15.4. The van der Waals surface area contributed by atoms with Gasteiger partial charge in [-0.25, -0.2) is 9.67 Å². The molecule has 0 aliphatic heterocycles. The van der Waals surface area contributed by atoms with Crippen molar-refractivity contribution in [3.05, 3.63) is 40.7 Å². The Hall–Kier alpha value is -2.48. The molecule has 2 unspecified atom stereocenters. The normalized spacial score (nSPS) is 38.7. The maximum atomic E-state index is 13.7. The van der Waals surface area contributed by atoms with Crippen molar-refractivity contribution in [2.75, 3.05) is 0 Å². The lowest BCUT2D eigenvalue weighted by Gasteiger charge is -2.60. The van der Waals surface area contributed by atoms with Crippen LogP contribution in [0.3, 0.4) is 0 Å². The fourth-order valence-corrected chi connectivity index (χ4v) is 8.45. The highest BCUT2D eigenvalue weighted by atomic mass is 16.5. The second-order valence-electron chi connectivity index (χ2n) is 11.3. The molecule has 8 heteroatoms. The monoisotopic (exact) mass is 435 g/mol. The Kier molecular flexibility index (Phi) is 3.75. The number of carbonyl (C=O) groups excluding carboxylic acids is 1. The Labute approximate surface area is 186 Å². The number of nitrogens with zero attached hydrogens (tertiary/aromatic N) is 4. The molecular formula is C24H29N5O3. The van der Waals surface area contributed by atoms with Crippen molar-refractivity contribution in [2.24, 2.45) is 17.8 Å². The minimum absolute atomic E-state index is 0.121. The fourth-order valence-electron chi connectivity index (χ4n) is 8.45. The van der Waals surface area contributed by atoms with E-state index in [2.05, 4.69) is 10.3 Å². The summed E-state index contributed by atoms with van der Waals surface area (Å²) in [6, 6.07) is 0. The average Bonchev–Trinajstić information content (AvgIpc) is 3.37. The molecule has 32 heavy (non-hydrogen) atoms. The molecule has 0 radical (unpaired) electrons. The van der Waals surface area contributed by atoms with E-state index in [0.29, 0.717) is 41.6 Å². The van der Waals surface area contributed by atoms with Gasteiger partial charge in [-0.15, -0.1) is 0 Å². The van der Waals surface area contributed by atoms with Crippen molar-refractivity contribution in [3.8, 4) is 5.82 Å². The van der Waals surface area contributed by atoms with Gasteiger partial charge in [-0.3, -0.25) is 4.79 Å². The summed E-state index contributed by atoms with van der Waals surface area (Å²) in [4.78, 5) is 18.1. The van der Waals surface area contributed by atoms with Gasteiger partial charge in [0.1, 0.15) is 0 Å². The summed E-state index contributed by atoms with van der Waals surface area (Å²) in [6.45, 7) is 0. The number of aromatic nitrogens is 4. The molecule has 8 nitrogen and oxygen atoms in total. The largest absolute Gasteiger partial charge is 0.619 e. The van der Waals surface area contributed by atoms with Crippen LogP contribution in [-0.4, -0.2) is 36.9 Å². The molecule has 6 aliphatic rings. The molecule has 5 saturated carbocycles. The van der Waals surface area contributed by atoms with E-state index in [1.165, 1.54) is 37.9 Å². The van der Waals surface area contributed by atoms with Gasteiger partial charge in [-0.05, 0) is 81.5 Å². The number of hydrogen-bond acceptors (Lipinski definition) is 5. The number of rotatable bonds is 3. The highest BCUT2D eigenvalue weighted by Gasteiger charge is 2.58. The first-order valence-electron chi connectivity index (χ1n) is 12.1. The third kappa shape index (κ3) is 2.71. The molecule has 0 aromatic carbocycles. The zero-order valence-electron chi connectivity index (χ0n) is 18.2. The van der Waals surface area contributed by atoms with Crippen LogP contribution in [-0.2, 0) is 6.42 Å². The SMILES string of the molecule is O=C(N[C@@]12C[C@@H]3C[C@@H](C[C@@](O)(C3)C1)C2)c1nn(-c2c[n+]([O-])ccn2)c2c1C1CCCC1C2. The number of carbonyl (C=O) groups is 1. The first kappa shape index (κ1) is 19.0. The predicted octanol–water partition coefficient (Wildman–Crippen LogP) is 2.15. The minimum Gasteiger partial charge on any atom is -0.619 e. The van der Waals surface area contributed by atoms with Crippen LogP contribution in [0.2, 0.25) is 0 Å². The first-order valence-corrected chi connectivity index (χ1v) is 12.1. The van der Waals surface area contributed by atoms with Crippen LogP contribution in [0.15, 0.2) is 18.6 Å². The molecule has 0 saturated heterocycles. The van der Waals surface area contributed by atoms with Crippen LogP contribution in [0.1, 0.15) is 85.5 Å². The van der Waals surface area contributed by atoms with Crippen LogP contribution in [0.25, 0.3) is 5.82 Å². The topological polar surface area (TPSA) is 107 Å². The standard InChI is InChI=1S/C24H29N5O3/c30-22(26-23-8-14-6-15(9-23)11-24(31,10-14)13-23)21-20-17-3-1-2-16(17)7-18(20)29(27-21)19-12-28(32)5-4-25-19/h4-5,12,14-17,31H,1-3,6-11,13H2,(H,26,30)/t14-,15+,16?,17?,23+,24-. The minimum atomic E-state index is -0.620. The molecule has 2 N–H and O–H groups in total. The van der Waals surface area contributed by atoms with Gasteiger partial charge in [0, 0.05) is 11.1 Å². The Morgan fingerprint density at radius 2 is 2.06 bits per heavy atom. The van der Waals surface area contributed by atoms with Crippen molar-refractivity contribution in [3.63, 3.8) is 0 Å². The quantitative estimate of drug-likeness (QED) is 0.568. The molecule has 2 aromatic rings. The van der Waals surface area contributed by atoms with Crippen molar-refractivity contribution in [2.45, 2.75) is 81.3 Å². The van der Waals surface area contributed by atoms with Gasteiger partial charge in [0.25, 0.3) is 5.91 Å². The average molecular weight is 436 g/mol. The number of aliphatic hydroxyl groups is 1. The predicted molar refractivity (Wildman–Crippen MR) is 114 cm³/mol. The van der Waals surface area contributed by atoms with E-state index >= 15 is 0 Å². The van der Waals surface area contributed by atoms with Crippen molar-refractivity contribution < 1.29 is 14.6 Å². The maximum absolute atomic E-state index is 13.7. The smallest absolute Gasteiger partial charge is 0.272 e. The Bertz CT molecular complexity index is 1110. The highest BCUT2D eigenvalue weighted by molar-refractivity contribution is 5.95. The van der Waals surface area contributed by atoms with Crippen molar-refractivity contribution in [1.82, 2.24) is 20.1 Å². The van der Waals surface area contributed by atoms with E-state index in [-0.39, 0.29) is 11.4 Å². The molecule has 6 atom stereocenters. The van der Waals surface area contributed by atoms with Crippen LogP contribution in [0.5, 0.6) is 0 Å². The lowest BCUT2D eigenvalue weighted by Crippen LogP contribution is -2.65. The highest BCUT2D eigenvalue weighted by Crippen LogP contribution is 2.57. The molecule has 2 aromatic heterocycles. The third-order valence-corrected chi connectivity index (χ3v) is 9.01. The third-order valence-electron chi connectivity index (χ3n) is 9.01. The summed E-state index contributed by atoms with van der Waals surface area (Å²) in [6.07, 6.45) is 14.1. The molecule has 8 rings (SSSR count). The molecule has 1 amide bonds. The van der Waals surface area contributed by atoms with Crippen LogP contribution < -0.4 is 10.0 Å². The molecule has 6 aliphatic carbocycles. The van der Waals surface area contributed by atoms with Crippen molar-refractivity contribution >= 4 is 5.91 Å². The molecule has 0 spiro atoms. The van der Waals surface area contributed by atoms with Gasteiger partial charge in [-0.2, -0.15) is 9.83 Å². The van der Waals surface area contributed by atoms with E-state index in [4.69, 9.17) is 5.10 Å². The van der Waals surface area contributed by atoms with E-state index < -0.39 is 5.60 Å².